The average molecular weight is 439 g/mol. The molecule has 3 heterocycles. The Hall–Kier alpha value is -2.74. The number of fused-ring (bicyclic) bond motifs is 2. The summed E-state index contributed by atoms with van der Waals surface area (Å²) in [6, 6.07) is 5.81. The first-order valence-corrected chi connectivity index (χ1v) is 11.6. The van der Waals surface area contributed by atoms with Crippen LogP contribution in [0.4, 0.5) is 11.6 Å². The highest BCUT2D eigenvalue weighted by atomic mass is 32.2. The summed E-state index contributed by atoms with van der Waals surface area (Å²) in [4.78, 5) is 22.7. The lowest BCUT2D eigenvalue weighted by Crippen LogP contribution is -2.34. The molecule has 0 saturated carbocycles. The topological polar surface area (TPSA) is 99.4 Å². The van der Waals surface area contributed by atoms with Gasteiger partial charge in [0.15, 0.2) is 22.4 Å². The molecular formula is C23H26N4O3S. The van der Waals surface area contributed by atoms with E-state index >= 15 is 0 Å². The molecule has 3 N–H and O–H groups in total. The van der Waals surface area contributed by atoms with E-state index in [1.165, 1.54) is 0 Å². The third kappa shape index (κ3) is 3.52. The third-order valence-corrected chi connectivity index (χ3v) is 6.94. The summed E-state index contributed by atoms with van der Waals surface area (Å²) in [5.74, 6) is 3.20. The number of nitrogen functional groups attached to an aromatic ring is 1. The number of nitrogens with two attached hydrogens (primary N) is 1. The van der Waals surface area contributed by atoms with Crippen molar-refractivity contribution in [2.24, 2.45) is 5.41 Å². The number of nitrogens with zero attached hydrogens (tertiary/aromatic N) is 2. The van der Waals surface area contributed by atoms with Crippen molar-refractivity contribution in [3.05, 3.63) is 40.6 Å². The van der Waals surface area contributed by atoms with Gasteiger partial charge < -0.3 is 20.5 Å². The highest BCUT2D eigenvalue weighted by Gasteiger charge is 2.42. The minimum absolute atomic E-state index is 0.113. The molecular weight excluding hydrogens is 412 g/mol. The molecule has 7 nitrogen and oxygen atoms in total. The van der Waals surface area contributed by atoms with Gasteiger partial charge in [-0.25, -0.2) is 9.97 Å². The first kappa shape index (κ1) is 20.2. The van der Waals surface area contributed by atoms with Crippen molar-refractivity contribution in [3.8, 4) is 11.5 Å². The van der Waals surface area contributed by atoms with Crippen molar-refractivity contribution in [3.63, 3.8) is 0 Å². The molecule has 0 amide bonds. The Morgan fingerprint density at radius 1 is 1.23 bits per heavy atom. The van der Waals surface area contributed by atoms with Gasteiger partial charge in [0.25, 0.3) is 0 Å². The van der Waals surface area contributed by atoms with E-state index in [1.807, 2.05) is 18.2 Å². The van der Waals surface area contributed by atoms with Crippen LogP contribution in [0.15, 0.2) is 34.6 Å². The van der Waals surface area contributed by atoms with Gasteiger partial charge in [0, 0.05) is 34.9 Å². The molecule has 162 valence electrons. The Balaban J connectivity index is 1.68. The van der Waals surface area contributed by atoms with E-state index in [0.717, 1.165) is 41.0 Å². The van der Waals surface area contributed by atoms with Crippen molar-refractivity contribution in [2.45, 2.75) is 51.1 Å². The van der Waals surface area contributed by atoms with Crippen molar-refractivity contribution in [1.82, 2.24) is 9.97 Å². The van der Waals surface area contributed by atoms with E-state index in [-0.39, 0.29) is 23.9 Å². The van der Waals surface area contributed by atoms with E-state index < -0.39 is 0 Å². The number of carbonyl (C=O) groups is 1. The number of thioether (sulfide) groups is 1. The number of ether oxygens (including phenoxy) is 2. The molecule has 0 unspecified atom stereocenters. The lowest BCUT2D eigenvalue weighted by atomic mass is 9.69. The standard InChI is InChI=1S/C23H26N4O3S/c1-4-7-31-22-26-20(24)19-17(12-5-6-15-16(8-12)30-11-29-15)18-13(25-21(19)27-22)9-23(2,3)10-14(18)28/h5-6,8,17H,4,7,9-11H2,1-3H3,(H3,24,25,26,27)/t17-/m0/s1. The fraction of sp³-hybridized carbons (Fsp3) is 0.435. The number of hydrogen-bond donors (Lipinski definition) is 2. The minimum Gasteiger partial charge on any atom is -0.454 e. The summed E-state index contributed by atoms with van der Waals surface area (Å²) in [5.41, 5.74) is 9.74. The average Bonchev–Trinajstić information content (AvgIpc) is 3.17. The van der Waals surface area contributed by atoms with Crippen LogP contribution >= 0.6 is 11.8 Å². The zero-order valence-electron chi connectivity index (χ0n) is 17.9. The maximum absolute atomic E-state index is 13.4. The number of benzene rings is 1. The number of anilines is 2. The van der Waals surface area contributed by atoms with Crippen LogP contribution in [0.25, 0.3) is 0 Å². The zero-order chi connectivity index (χ0) is 21.8. The van der Waals surface area contributed by atoms with Crippen molar-refractivity contribution in [1.29, 1.82) is 0 Å². The smallest absolute Gasteiger partial charge is 0.231 e. The number of ketones is 1. The number of nitrogens with one attached hydrogen (secondary N) is 1. The second-order valence-electron chi connectivity index (χ2n) is 9.01. The Bertz CT molecular complexity index is 1110. The number of rotatable bonds is 4. The highest BCUT2D eigenvalue weighted by molar-refractivity contribution is 7.99. The largest absolute Gasteiger partial charge is 0.454 e. The van der Waals surface area contributed by atoms with E-state index in [2.05, 4.69) is 31.1 Å². The molecule has 0 saturated heterocycles. The number of hydrogen-bond acceptors (Lipinski definition) is 8. The van der Waals surface area contributed by atoms with Gasteiger partial charge in [0.1, 0.15) is 11.6 Å². The number of aromatic nitrogens is 2. The second-order valence-corrected chi connectivity index (χ2v) is 10.1. The molecule has 0 radical (unpaired) electrons. The first-order valence-electron chi connectivity index (χ1n) is 10.6. The monoisotopic (exact) mass is 438 g/mol. The molecule has 31 heavy (non-hydrogen) atoms. The zero-order valence-corrected chi connectivity index (χ0v) is 18.8. The molecule has 3 aliphatic rings. The molecule has 0 bridgehead atoms. The Morgan fingerprint density at radius 2 is 2.03 bits per heavy atom. The van der Waals surface area contributed by atoms with Crippen LogP contribution in [0, 0.1) is 5.41 Å². The quantitative estimate of drug-likeness (QED) is 0.532. The molecule has 8 heteroatoms. The Kier molecular flexibility index (Phi) is 4.84. The molecule has 1 aromatic carbocycles. The third-order valence-electron chi connectivity index (χ3n) is 5.89. The molecule has 0 fully saturated rings. The van der Waals surface area contributed by atoms with Crippen LogP contribution in [0.1, 0.15) is 57.1 Å². The van der Waals surface area contributed by atoms with Crippen molar-refractivity contribution >= 4 is 29.2 Å². The number of allylic oxidation sites excluding steroid dienone is 2. The van der Waals surface area contributed by atoms with E-state index in [4.69, 9.17) is 20.2 Å². The Labute approximate surface area is 185 Å². The van der Waals surface area contributed by atoms with E-state index in [0.29, 0.717) is 34.7 Å². The van der Waals surface area contributed by atoms with Crippen molar-refractivity contribution in [2.75, 3.05) is 23.6 Å². The van der Waals surface area contributed by atoms with Crippen LogP contribution in [-0.2, 0) is 4.79 Å². The van der Waals surface area contributed by atoms with Gasteiger partial charge in [-0.3, -0.25) is 4.79 Å². The van der Waals surface area contributed by atoms with Gasteiger partial charge in [0.2, 0.25) is 6.79 Å². The maximum Gasteiger partial charge on any atom is 0.231 e. The van der Waals surface area contributed by atoms with Crippen LogP contribution in [0.3, 0.4) is 0 Å². The van der Waals surface area contributed by atoms with E-state index in [9.17, 15) is 4.79 Å². The minimum atomic E-state index is -0.338. The Morgan fingerprint density at radius 3 is 2.84 bits per heavy atom. The van der Waals surface area contributed by atoms with Gasteiger partial charge in [-0.1, -0.05) is 38.6 Å². The molecule has 2 aliphatic heterocycles. The molecule has 5 rings (SSSR count). The summed E-state index contributed by atoms with van der Waals surface area (Å²) in [7, 11) is 0. The number of carbonyl (C=O) groups excluding carboxylic acids is 1. The van der Waals surface area contributed by atoms with Crippen LogP contribution in [-0.4, -0.2) is 28.3 Å². The fourth-order valence-electron chi connectivity index (χ4n) is 4.60. The van der Waals surface area contributed by atoms with Gasteiger partial charge in [-0.2, -0.15) is 0 Å². The van der Waals surface area contributed by atoms with Gasteiger partial charge in [-0.15, -0.1) is 0 Å². The fourth-order valence-corrected chi connectivity index (χ4v) is 5.30. The van der Waals surface area contributed by atoms with Crippen LogP contribution < -0.4 is 20.5 Å². The van der Waals surface area contributed by atoms with Gasteiger partial charge >= 0.3 is 0 Å². The normalized spacial score (nSPS) is 20.9. The van der Waals surface area contributed by atoms with Crippen molar-refractivity contribution < 1.29 is 14.3 Å². The summed E-state index contributed by atoms with van der Waals surface area (Å²) in [6.07, 6.45) is 2.29. The molecule has 1 aromatic heterocycles. The predicted molar refractivity (Wildman–Crippen MR) is 121 cm³/mol. The summed E-state index contributed by atoms with van der Waals surface area (Å²) in [5, 5.41) is 4.11. The molecule has 0 spiro atoms. The van der Waals surface area contributed by atoms with Crippen LogP contribution in [0.5, 0.6) is 11.5 Å². The summed E-state index contributed by atoms with van der Waals surface area (Å²) in [6.45, 7) is 6.57. The van der Waals surface area contributed by atoms with Gasteiger partial charge in [-0.05, 0) is 36.0 Å². The molecule has 1 aliphatic carbocycles. The molecule has 2 aromatic rings. The predicted octanol–water partition coefficient (Wildman–Crippen LogP) is 4.49. The van der Waals surface area contributed by atoms with E-state index in [1.54, 1.807) is 11.8 Å². The van der Waals surface area contributed by atoms with Gasteiger partial charge in [0.05, 0.1) is 0 Å². The first-order chi connectivity index (χ1) is 14.9. The number of Topliss-reactive ketones (excluding diaryl/α,β-unsaturated/α-hetero) is 1. The SMILES string of the molecule is CCCSc1nc(N)c2c(n1)NC1=C(C(=O)CC(C)(C)C1)[C@@H]2c1ccc2c(c1)OCO2. The second kappa shape index (κ2) is 7.44. The highest BCUT2D eigenvalue weighted by Crippen LogP contribution is 2.51. The summed E-state index contributed by atoms with van der Waals surface area (Å²) < 4.78 is 11.1. The maximum atomic E-state index is 13.4. The lowest BCUT2D eigenvalue weighted by molar-refractivity contribution is -0.118. The lowest BCUT2D eigenvalue weighted by Gasteiger charge is -2.39. The summed E-state index contributed by atoms with van der Waals surface area (Å²) >= 11 is 1.59. The van der Waals surface area contributed by atoms with Crippen LogP contribution in [0.2, 0.25) is 0 Å². The molecule has 1 atom stereocenters.